The normalized spacial score (nSPS) is 38.5. The maximum Gasteiger partial charge on any atom is 0.229 e. The summed E-state index contributed by atoms with van der Waals surface area (Å²) in [6.07, 6.45) is -12.5. The molecule has 2 aliphatic heterocycles. The molecule has 31 heavy (non-hydrogen) atoms. The molecule has 0 bridgehead atoms. The summed E-state index contributed by atoms with van der Waals surface area (Å²) in [5.41, 5.74) is 0.190. The van der Waals surface area contributed by atoms with Gasteiger partial charge in [0.15, 0.2) is 12.6 Å². The van der Waals surface area contributed by atoms with E-state index in [0.29, 0.717) is 12.0 Å². The highest BCUT2D eigenvalue weighted by molar-refractivity contribution is 5.80. The number of hydrogen-bond acceptors (Lipinski definition) is 12. The largest absolute Gasteiger partial charge is 0.496 e. The molecule has 9 atom stereocenters. The Morgan fingerprint density at radius 2 is 1.71 bits per heavy atom. The van der Waals surface area contributed by atoms with E-state index in [0.717, 1.165) is 0 Å². The summed E-state index contributed by atoms with van der Waals surface area (Å²) in [4.78, 5) is 11.2. The van der Waals surface area contributed by atoms with Crippen LogP contribution in [-0.4, -0.2) is 113 Å². The smallest absolute Gasteiger partial charge is 0.229 e. The first-order valence-corrected chi connectivity index (χ1v) is 9.53. The lowest BCUT2D eigenvalue weighted by atomic mass is 9.99. The third-order valence-corrected chi connectivity index (χ3v) is 5.13. The third-order valence-electron chi connectivity index (χ3n) is 5.13. The zero-order chi connectivity index (χ0) is 22.7. The summed E-state index contributed by atoms with van der Waals surface area (Å²) in [6.45, 7) is -0.682. The lowest BCUT2D eigenvalue weighted by Crippen LogP contribution is -2.61. The summed E-state index contributed by atoms with van der Waals surface area (Å²) in [7, 11) is 1.39. The summed E-state index contributed by atoms with van der Waals surface area (Å²) in [5, 5.41) is 59.7. The topological polar surface area (TPSA) is 185 Å². The quantitative estimate of drug-likeness (QED) is 0.236. The Morgan fingerprint density at radius 3 is 2.39 bits per heavy atom. The van der Waals surface area contributed by atoms with Crippen molar-refractivity contribution in [3.05, 3.63) is 23.8 Å². The van der Waals surface area contributed by atoms with Gasteiger partial charge < -0.3 is 54.3 Å². The Labute approximate surface area is 177 Å². The van der Waals surface area contributed by atoms with Crippen LogP contribution in [0.1, 0.15) is 10.4 Å². The first-order chi connectivity index (χ1) is 14.8. The Hall–Kier alpha value is -1.87. The van der Waals surface area contributed by atoms with Gasteiger partial charge in [-0.1, -0.05) is 0 Å². The van der Waals surface area contributed by atoms with Gasteiger partial charge in [0.25, 0.3) is 0 Å². The second-order valence-corrected chi connectivity index (χ2v) is 7.24. The van der Waals surface area contributed by atoms with Crippen LogP contribution in [0, 0.1) is 0 Å². The predicted octanol–water partition coefficient (Wildman–Crippen LogP) is -2.85. The second-order valence-electron chi connectivity index (χ2n) is 7.24. The molecule has 12 heteroatoms. The first kappa shape index (κ1) is 23.8. The molecule has 0 aliphatic carbocycles. The highest BCUT2D eigenvalue weighted by Gasteiger charge is 2.46. The number of aliphatic hydroxyl groups is 6. The Morgan fingerprint density at radius 1 is 1.00 bits per heavy atom. The number of hydrogen-bond donors (Lipinski definition) is 6. The van der Waals surface area contributed by atoms with Crippen molar-refractivity contribution in [2.45, 2.75) is 55.3 Å². The fraction of sp³-hybridized carbons (Fsp3) is 0.632. The zero-order valence-corrected chi connectivity index (χ0v) is 16.6. The van der Waals surface area contributed by atoms with E-state index < -0.39 is 61.9 Å². The van der Waals surface area contributed by atoms with Crippen molar-refractivity contribution in [1.82, 2.24) is 0 Å². The molecule has 0 saturated carbocycles. The zero-order valence-electron chi connectivity index (χ0n) is 16.6. The number of methoxy groups -OCH3 is 1. The fourth-order valence-electron chi connectivity index (χ4n) is 3.28. The summed E-state index contributed by atoms with van der Waals surface area (Å²) >= 11 is 0. The molecule has 1 aromatic rings. The van der Waals surface area contributed by atoms with Crippen LogP contribution < -0.4 is 9.47 Å². The Bertz CT molecular complexity index is 745. The Kier molecular flexibility index (Phi) is 7.80. The molecule has 12 nitrogen and oxygen atoms in total. The van der Waals surface area contributed by atoms with E-state index in [2.05, 4.69) is 0 Å². The lowest BCUT2D eigenvalue weighted by molar-refractivity contribution is -0.307. The molecule has 1 aromatic carbocycles. The van der Waals surface area contributed by atoms with E-state index in [-0.39, 0.29) is 17.9 Å². The minimum atomic E-state index is -1.65. The van der Waals surface area contributed by atoms with Gasteiger partial charge >= 0.3 is 0 Å². The number of benzene rings is 1. The summed E-state index contributed by atoms with van der Waals surface area (Å²) in [6, 6.07) is 4.29. The van der Waals surface area contributed by atoms with Crippen molar-refractivity contribution in [2.75, 3.05) is 20.3 Å². The average molecular weight is 446 g/mol. The minimum Gasteiger partial charge on any atom is -0.496 e. The van der Waals surface area contributed by atoms with Gasteiger partial charge in [0.1, 0.15) is 54.2 Å². The molecule has 174 valence electrons. The molecule has 2 aliphatic rings. The molecular weight excluding hydrogens is 420 g/mol. The maximum atomic E-state index is 11.2. The van der Waals surface area contributed by atoms with Gasteiger partial charge in [-0.25, -0.2) is 0 Å². The molecule has 0 radical (unpaired) electrons. The molecule has 2 heterocycles. The van der Waals surface area contributed by atoms with Crippen LogP contribution in [-0.2, 0) is 14.2 Å². The van der Waals surface area contributed by atoms with Crippen LogP contribution in [0.3, 0.4) is 0 Å². The average Bonchev–Trinajstić information content (AvgIpc) is 2.78. The van der Waals surface area contributed by atoms with Crippen molar-refractivity contribution in [2.24, 2.45) is 0 Å². The molecule has 0 aromatic heterocycles. The number of carbonyl (C=O) groups excluding carboxylic acids is 1. The van der Waals surface area contributed by atoms with E-state index in [1.807, 2.05) is 0 Å². The summed E-state index contributed by atoms with van der Waals surface area (Å²) < 4.78 is 26.5. The molecule has 0 spiro atoms. The van der Waals surface area contributed by atoms with Crippen molar-refractivity contribution < 1.29 is 59.1 Å². The van der Waals surface area contributed by atoms with Gasteiger partial charge in [0.05, 0.1) is 25.9 Å². The van der Waals surface area contributed by atoms with E-state index in [9.17, 15) is 35.4 Å². The molecular formula is C19H26O12. The number of ether oxygens (including phenoxy) is 5. The van der Waals surface area contributed by atoms with E-state index >= 15 is 0 Å². The molecule has 2 saturated heterocycles. The SMILES string of the molecule is COc1ccc(OC2OC(COC3OCC(O)C(O)C3O)C(O)C(O)C2O)cc1C=O. The number of carbonyl (C=O) groups is 1. The van der Waals surface area contributed by atoms with Gasteiger partial charge in [-0.2, -0.15) is 0 Å². The highest BCUT2D eigenvalue weighted by atomic mass is 16.7. The highest BCUT2D eigenvalue weighted by Crippen LogP contribution is 2.28. The number of rotatable bonds is 7. The number of aldehydes is 1. The monoisotopic (exact) mass is 446 g/mol. The van der Waals surface area contributed by atoms with E-state index in [1.54, 1.807) is 0 Å². The standard InChI is InChI=1S/C19H26O12/c1-27-11-3-2-9(4-8(11)5-20)30-19-17(26)15(24)14(23)12(31-19)7-29-18-16(25)13(22)10(21)6-28-18/h2-5,10,12-19,21-26H,6-7H2,1H3. The Balaban J connectivity index is 1.66. The minimum absolute atomic E-state index is 0.137. The van der Waals surface area contributed by atoms with Crippen molar-refractivity contribution >= 4 is 6.29 Å². The van der Waals surface area contributed by atoms with Crippen molar-refractivity contribution in [1.29, 1.82) is 0 Å². The third kappa shape index (κ3) is 5.14. The van der Waals surface area contributed by atoms with Gasteiger partial charge in [-0.15, -0.1) is 0 Å². The predicted molar refractivity (Wildman–Crippen MR) is 99.4 cm³/mol. The van der Waals surface area contributed by atoms with Crippen LogP contribution in [0.2, 0.25) is 0 Å². The molecule has 2 fully saturated rings. The van der Waals surface area contributed by atoms with Gasteiger partial charge in [-0.05, 0) is 18.2 Å². The molecule has 9 unspecified atom stereocenters. The van der Waals surface area contributed by atoms with Gasteiger partial charge in [0, 0.05) is 0 Å². The van der Waals surface area contributed by atoms with Crippen LogP contribution >= 0.6 is 0 Å². The number of aliphatic hydroxyl groups excluding tert-OH is 6. The van der Waals surface area contributed by atoms with Crippen molar-refractivity contribution in [3.63, 3.8) is 0 Å². The van der Waals surface area contributed by atoms with Crippen LogP contribution in [0.15, 0.2) is 18.2 Å². The molecule has 0 amide bonds. The lowest BCUT2D eigenvalue weighted by Gasteiger charge is -2.41. The first-order valence-electron chi connectivity index (χ1n) is 9.53. The van der Waals surface area contributed by atoms with Crippen LogP contribution in [0.5, 0.6) is 11.5 Å². The molecule has 3 rings (SSSR count). The van der Waals surface area contributed by atoms with E-state index in [4.69, 9.17) is 23.7 Å². The second kappa shape index (κ2) is 10.2. The molecule has 6 N–H and O–H groups in total. The summed E-state index contributed by atoms with van der Waals surface area (Å²) in [5.74, 6) is 0.450. The van der Waals surface area contributed by atoms with E-state index in [1.165, 1.54) is 25.3 Å². The van der Waals surface area contributed by atoms with Gasteiger partial charge in [0.2, 0.25) is 6.29 Å². The van der Waals surface area contributed by atoms with Crippen LogP contribution in [0.4, 0.5) is 0 Å². The fourth-order valence-corrected chi connectivity index (χ4v) is 3.28. The maximum absolute atomic E-state index is 11.2. The van der Waals surface area contributed by atoms with Crippen LogP contribution in [0.25, 0.3) is 0 Å². The van der Waals surface area contributed by atoms with Crippen molar-refractivity contribution in [3.8, 4) is 11.5 Å². The van der Waals surface area contributed by atoms with Gasteiger partial charge in [-0.3, -0.25) is 4.79 Å².